The third-order valence-electron chi connectivity index (χ3n) is 4.73. The number of fused-ring (bicyclic) bond motifs is 1. The number of amides is 2. The van der Waals surface area contributed by atoms with E-state index in [1.807, 2.05) is 54.6 Å². The van der Waals surface area contributed by atoms with E-state index in [1.165, 1.54) is 28.4 Å². The Balaban J connectivity index is 1.49. The van der Waals surface area contributed by atoms with E-state index in [0.717, 1.165) is 14.9 Å². The van der Waals surface area contributed by atoms with Gasteiger partial charge in [-0.2, -0.15) is 0 Å². The Morgan fingerprint density at radius 2 is 1.87 bits per heavy atom. The lowest BCUT2D eigenvalue weighted by atomic mass is 10.0. The van der Waals surface area contributed by atoms with Gasteiger partial charge in [0.05, 0.1) is 6.42 Å². The average molecular weight is 505 g/mol. The molecule has 0 unspecified atom stereocenters. The predicted molar refractivity (Wildman–Crippen MR) is 120 cm³/mol. The van der Waals surface area contributed by atoms with Crippen LogP contribution in [0.4, 0.5) is 0 Å². The number of thioether (sulfide) groups is 2. The molecular formula is C21H17BrN2O4S2. The van der Waals surface area contributed by atoms with Crippen LogP contribution in [0.5, 0.6) is 0 Å². The van der Waals surface area contributed by atoms with Crippen LogP contribution in [0.15, 0.2) is 74.6 Å². The van der Waals surface area contributed by atoms with Gasteiger partial charge < -0.3 is 10.4 Å². The maximum Gasteiger partial charge on any atom is 0.353 e. The minimum absolute atomic E-state index is 0.00179. The van der Waals surface area contributed by atoms with Crippen molar-refractivity contribution in [3.8, 4) is 0 Å². The number of hydrogen-bond donors (Lipinski definition) is 2. The lowest BCUT2D eigenvalue weighted by molar-refractivity contribution is -0.150. The van der Waals surface area contributed by atoms with Crippen LogP contribution in [0, 0.1) is 0 Å². The summed E-state index contributed by atoms with van der Waals surface area (Å²) in [4.78, 5) is 39.9. The van der Waals surface area contributed by atoms with Gasteiger partial charge in [-0.05, 0) is 33.6 Å². The lowest BCUT2D eigenvalue weighted by Crippen LogP contribution is -2.70. The maximum absolute atomic E-state index is 12.7. The molecule has 154 valence electrons. The SMILES string of the molecule is O=C(Cc1ccccc1)N[C@@H]1C(=O)N2C(C(=O)O)=C(Sc3ccccc3Br)CS[C@H]12. The van der Waals surface area contributed by atoms with Gasteiger partial charge >= 0.3 is 5.97 Å². The number of hydrogen-bond acceptors (Lipinski definition) is 5. The van der Waals surface area contributed by atoms with E-state index < -0.39 is 23.3 Å². The van der Waals surface area contributed by atoms with Crippen LogP contribution >= 0.6 is 39.5 Å². The number of aliphatic carboxylic acids is 1. The van der Waals surface area contributed by atoms with E-state index in [4.69, 9.17) is 0 Å². The molecule has 0 radical (unpaired) electrons. The number of carboxylic acids is 1. The van der Waals surface area contributed by atoms with Gasteiger partial charge in [0.25, 0.3) is 5.91 Å². The van der Waals surface area contributed by atoms with Gasteiger partial charge in [0.15, 0.2) is 0 Å². The zero-order valence-corrected chi connectivity index (χ0v) is 18.8. The van der Waals surface area contributed by atoms with E-state index in [0.29, 0.717) is 10.7 Å². The largest absolute Gasteiger partial charge is 0.477 e. The van der Waals surface area contributed by atoms with E-state index in [2.05, 4.69) is 21.2 Å². The van der Waals surface area contributed by atoms with Crippen molar-refractivity contribution >= 4 is 57.2 Å². The molecule has 30 heavy (non-hydrogen) atoms. The minimum Gasteiger partial charge on any atom is -0.477 e. The maximum atomic E-state index is 12.7. The highest BCUT2D eigenvalue weighted by atomic mass is 79.9. The number of halogens is 1. The molecule has 2 atom stereocenters. The second kappa shape index (κ2) is 8.87. The van der Waals surface area contributed by atoms with Crippen molar-refractivity contribution in [3.05, 3.63) is 75.2 Å². The Bertz CT molecular complexity index is 1040. The fourth-order valence-electron chi connectivity index (χ4n) is 3.34. The first-order chi connectivity index (χ1) is 14.5. The van der Waals surface area contributed by atoms with Crippen LogP contribution in [0.3, 0.4) is 0 Å². The summed E-state index contributed by atoms with van der Waals surface area (Å²) >= 11 is 6.27. The third kappa shape index (κ3) is 4.14. The molecule has 0 aliphatic carbocycles. The molecule has 2 N–H and O–H groups in total. The molecule has 0 aromatic heterocycles. The number of nitrogens with one attached hydrogen (secondary N) is 1. The van der Waals surface area contributed by atoms with Crippen molar-refractivity contribution in [2.75, 3.05) is 5.75 Å². The van der Waals surface area contributed by atoms with Crippen molar-refractivity contribution in [2.24, 2.45) is 0 Å². The highest BCUT2D eigenvalue weighted by Gasteiger charge is 2.54. The van der Waals surface area contributed by atoms with E-state index in [1.54, 1.807) is 0 Å². The fourth-order valence-corrected chi connectivity index (χ4v) is 6.36. The first kappa shape index (κ1) is 21.0. The number of β-lactam (4-membered cyclic amide) rings is 1. The monoisotopic (exact) mass is 504 g/mol. The van der Waals surface area contributed by atoms with Crippen molar-refractivity contribution in [3.63, 3.8) is 0 Å². The molecule has 9 heteroatoms. The summed E-state index contributed by atoms with van der Waals surface area (Å²) in [5.41, 5.74) is 0.853. The van der Waals surface area contributed by atoms with E-state index in [9.17, 15) is 19.5 Å². The first-order valence-electron chi connectivity index (χ1n) is 9.12. The van der Waals surface area contributed by atoms with Crippen molar-refractivity contribution in [1.82, 2.24) is 10.2 Å². The summed E-state index contributed by atoms with van der Waals surface area (Å²) in [6.07, 6.45) is 0.173. The molecule has 2 aromatic carbocycles. The van der Waals surface area contributed by atoms with E-state index >= 15 is 0 Å². The standard InChI is InChI=1S/C21H17BrN2O4S2/c22-13-8-4-5-9-14(13)30-15-11-29-20-17(19(26)24(20)18(15)21(27)28)23-16(25)10-12-6-2-1-3-7-12/h1-9,17,20H,10-11H2,(H,23,25)(H,27,28)/t17-,20-/m1/s1. The normalized spacial score (nSPS) is 20.4. The Morgan fingerprint density at radius 1 is 1.17 bits per heavy atom. The summed E-state index contributed by atoms with van der Waals surface area (Å²) in [6, 6.07) is 16.1. The molecule has 0 bridgehead atoms. The molecular weight excluding hydrogens is 488 g/mol. The predicted octanol–water partition coefficient (Wildman–Crippen LogP) is 3.48. The van der Waals surface area contributed by atoms with Gasteiger partial charge in [0.2, 0.25) is 5.91 Å². The van der Waals surface area contributed by atoms with Gasteiger partial charge in [-0.3, -0.25) is 14.5 Å². The van der Waals surface area contributed by atoms with Gasteiger partial charge in [-0.1, -0.05) is 54.2 Å². The number of carboxylic acid groups (broad SMARTS) is 1. The van der Waals surface area contributed by atoms with Crippen molar-refractivity contribution in [2.45, 2.75) is 22.7 Å². The second-order valence-electron chi connectivity index (χ2n) is 6.73. The van der Waals surface area contributed by atoms with Crippen LogP contribution in [0.25, 0.3) is 0 Å². The lowest BCUT2D eigenvalue weighted by Gasteiger charge is -2.49. The van der Waals surface area contributed by atoms with Gasteiger partial charge in [-0.15, -0.1) is 11.8 Å². The number of rotatable bonds is 6. The third-order valence-corrected chi connectivity index (χ3v) is 8.31. The van der Waals surface area contributed by atoms with Crippen LogP contribution < -0.4 is 5.32 Å². The molecule has 2 amide bonds. The smallest absolute Gasteiger partial charge is 0.353 e. The zero-order chi connectivity index (χ0) is 21.3. The quantitative estimate of drug-likeness (QED) is 0.585. The molecule has 2 aliphatic rings. The number of carbonyl (C=O) groups excluding carboxylic acids is 2. The van der Waals surface area contributed by atoms with Gasteiger partial charge in [0, 0.05) is 20.0 Å². The van der Waals surface area contributed by atoms with Crippen LogP contribution in [0.1, 0.15) is 5.56 Å². The fraction of sp³-hybridized carbons (Fsp3) is 0.190. The Morgan fingerprint density at radius 3 is 2.57 bits per heavy atom. The number of benzene rings is 2. The summed E-state index contributed by atoms with van der Waals surface area (Å²) in [6.45, 7) is 0. The van der Waals surface area contributed by atoms with Crippen molar-refractivity contribution in [1.29, 1.82) is 0 Å². The van der Waals surface area contributed by atoms with Crippen LogP contribution in [-0.2, 0) is 20.8 Å². The van der Waals surface area contributed by atoms with Crippen LogP contribution in [-0.4, -0.2) is 45.0 Å². The molecule has 2 aromatic rings. The molecule has 1 saturated heterocycles. The molecule has 4 rings (SSSR count). The first-order valence-corrected chi connectivity index (χ1v) is 11.8. The zero-order valence-electron chi connectivity index (χ0n) is 15.6. The van der Waals surface area contributed by atoms with Gasteiger partial charge in [-0.25, -0.2) is 4.79 Å². The molecule has 2 heterocycles. The Labute approximate surface area is 190 Å². The minimum atomic E-state index is -1.14. The molecule has 6 nitrogen and oxygen atoms in total. The highest BCUT2D eigenvalue weighted by molar-refractivity contribution is 9.10. The van der Waals surface area contributed by atoms with Crippen molar-refractivity contribution < 1.29 is 19.5 Å². The number of carbonyl (C=O) groups is 3. The molecule has 0 spiro atoms. The molecule has 0 saturated carbocycles. The second-order valence-corrected chi connectivity index (χ2v) is 9.82. The summed E-state index contributed by atoms with van der Waals surface area (Å²) in [5, 5.41) is 12.1. The summed E-state index contributed by atoms with van der Waals surface area (Å²) in [5.74, 6) is -1.34. The van der Waals surface area contributed by atoms with E-state index in [-0.39, 0.29) is 18.0 Å². The average Bonchev–Trinajstić information content (AvgIpc) is 2.73. The van der Waals surface area contributed by atoms with Crippen LogP contribution in [0.2, 0.25) is 0 Å². The Kier molecular flexibility index (Phi) is 6.21. The topological polar surface area (TPSA) is 86.7 Å². The van der Waals surface area contributed by atoms with Gasteiger partial charge in [0.1, 0.15) is 17.1 Å². The molecule has 2 aliphatic heterocycles. The molecule has 1 fully saturated rings. The summed E-state index contributed by atoms with van der Waals surface area (Å²) < 4.78 is 0.861. The highest BCUT2D eigenvalue weighted by Crippen LogP contribution is 2.46. The Hall–Kier alpha value is -2.23. The number of nitrogens with zero attached hydrogens (tertiary/aromatic N) is 1. The summed E-state index contributed by atoms with van der Waals surface area (Å²) in [7, 11) is 0.